The highest BCUT2D eigenvalue weighted by molar-refractivity contribution is 7.89. The molecule has 2 aliphatic rings. The van der Waals surface area contributed by atoms with Gasteiger partial charge in [-0.3, -0.25) is 0 Å². The van der Waals surface area contributed by atoms with Crippen LogP contribution in [0, 0.1) is 0 Å². The Balaban J connectivity index is 1.82. The van der Waals surface area contributed by atoms with Crippen molar-refractivity contribution in [1.29, 1.82) is 0 Å². The van der Waals surface area contributed by atoms with Crippen molar-refractivity contribution in [3.05, 3.63) is 29.3 Å². The van der Waals surface area contributed by atoms with Crippen molar-refractivity contribution in [2.75, 3.05) is 32.7 Å². The maximum atomic E-state index is 12.7. The lowest BCUT2D eigenvalue weighted by molar-refractivity contribution is 0.196. The number of hydrogen-bond donors (Lipinski definition) is 0. The summed E-state index contributed by atoms with van der Waals surface area (Å²) in [4.78, 5) is 2.76. The summed E-state index contributed by atoms with van der Waals surface area (Å²) in [6.07, 6.45) is 3.25. The molecule has 0 unspecified atom stereocenters. The van der Waals surface area contributed by atoms with Crippen molar-refractivity contribution in [3.63, 3.8) is 0 Å². The number of hydrogen-bond acceptors (Lipinski definition) is 3. The van der Waals surface area contributed by atoms with E-state index in [-0.39, 0.29) is 0 Å². The van der Waals surface area contributed by atoms with Gasteiger partial charge in [-0.15, -0.1) is 0 Å². The van der Waals surface area contributed by atoms with Gasteiger partial charge >= 0.3 is 0 Å². The lowest BCUT2D eigenvalue weighted by atomic mass is 10.1. The summed E-state index contributed by atoms with van der Waals surface area (Å²) < 4.78 is 27.0. The quantitative estimate of drug-likeness (QED) is 0.848. The molecule has 1 aliphatic carbocycles. The van der Waals surface area contributed by atoms with Gasteiger partial charge in [-0.25, -0.2) is 8.42 Å². The van der Waals surface area contributed by atoms with Gasteiger partial charge in [0.05, 0.1) is 4.90 Å². The van der Waals surface area contributed by atoms with Gasteiger partial charge in [0.15, 0.2) is 0 Å². The third-order valence-electron chi connectivity index (χ3n) is 4.49. The number of likely N-dealkylation sites (N-methyl/N-ethyl adjacent to an activating group) is 1. The fourth-order valence-corrected chi connectivity index (χ4v) is 4.62. The predicted molar refractivity (Wildman–Crippen MR) is 79.3 cm³/mol. The normalized spacial score (nSPS) is 21.1. The molecule has 20 heavy (non-hydrogen) atoms. The Labute approximate surface area is 121 Å². The fraction of sp³-hybridized carbons (Fsp3) is 0.600. The van der Waals surface area contributed by atoms with Crippen LogP contribution in [0.1, 0.15) is 24.5 Å². The second-order valence-corrected chi connectivity index (χ2v) is 7.56. The summed E-state index contributed by atoms with van der Waals surface area (Å²) in [7, 11) is -3.31. The van der Waals surface area contributed by atoms with Gasteiger partial charge < -0.3 is 4.90 Å². The van der Waals surface area contributed by atoms with E-state index in [1.807, 2.05) is 12.1 Å². The SMILES string of the molecule is CCN1CCN(S(=O)(=O)c2ccc3c(c2)CCC3)CC1. The van der Waals surface area contributed by atoms with Gasteiger partial charge in [-0.1, -0.05) is 13.0 Å². The van der Waals surface area contributed by atoms with Crippen molar-refractivity contribution in [2.45, 2.75) is 31.1 Å². The number of benzene rings is 1. The molecule has 0 N–H and O–H groups in total. The Morgan fingerprint density at radius 3 is 2.45 bits per heavy atom. The van der Waals surface area contributed by atoms with E-state index >= 15 is 0 Å². The molecule has 0 bridgehead atoms. The Bertz CT molecular complexity index is 590. The summed E-state index contributed by atoms with van der Waals surface area (Å²) in [5, 5.41) is 0. The molecule has 5 heteroatoms. The fourth-order valence-electron chi connectivity index (χ4n) is 3.14. The van der Waals surface area contributed by atoms with Gasteiger partial charge in [-0.2, -0.15) is 4.31 Å². The molecule has 0 saturated carbocycles. The van der Waals surface area contributed by atoms with E-state index in [1.165, 1.54) is 11.1 Å². The average Bonchev–Trinajstić information content (AvgIpc) is 2.94. The minimum atomic E-state index is -3.31. The summed E-state index contributed by atoms with van der Waals surface area (Å²) in [5.74, 6) is 0. The van der Waals surface area contributed by atoms with E-state index < -0.39 is 10.0 Å². The van der Waals surface area contributed by atoms with Crippen LogP contribution >= 0.6 is 0 Å². The van der Waals surface area contributed by atoms with E-state index in [2.05, 4.69) is 11.8 Å². The molecule has 0 aromatic heterocycles. The monoisotopic (exact) mass is 294 g/mol. The highest BCUT2D eigenvalue weighted by Gasteiger charge is 2.28. The summed E-state index contributed by atoms with van der Waals surface area (Å²) in [5.41, 5.74) is 2.54. The molecule has 1 aliphatic heterocycles. The summed E-state index contributed by atoms with van der Waals surface area (Å²) >= 11 is 0. The second-order valence-electron chi connectivity index (χ2n) is 5.62. The van der Waals surface area contributed by atoms with Crippen molar-refractivity contribution in [3.8, 4) is 0 Å². The first-order valence-corrected chi connectivity index (χ1v) is 8.89. The molecular weight excluding hydrogens is 272 g/mol. The van der Waals surface area contributed by atoms with Crippen LogP contribution in [0.25, 0.3) is 0 Å². The number of rotatable bonds is 3. The van der Waals surface area contributed by atoms with Crippen LogP contribution in [0.15, 0.2) is 23.1 Å². The third kappa shape index (κ3) is 2.50. The van der Waals surface area contributed by atoms with E-state index in [4.69, 9.17) is 0 Å². The van der Waals surface area contributed by atoms with Crippen LogP contribution in [0.4, 0.5) is 0 Å². The van der Waals surface area contributed by atoms with Gasteiger partial charge in [0, 0.05) is 26.2 Å². The third-order valence-corrected chi connectivity index (χ3v) is 6.38. The van der Waals surface area contributed by atoms with Gasteiger partial charge in [0.1, 0.15) is 0 Å². The summed E-state index contributed by atoms with van der Waals surface area (Å²) in [6, 6.07) is 5.67. The maximum absolute atomic E-state index is 12.7. The Kier molecular flexibility index (Phi) is 3.84. The van der Waals surface area contributed by atoms with Crippen LogP contribution in [-0.4, -0.2) is 50.3 Å². The molecule has 110 valence electrons. The van der Waals surface area contributed by atoms with Crippen LogP contribution < -0.4 is 0 Å². The van der Waals surface area contributed by atoms with Crippen LogP contribution in [0.2, 0.25) is 0 Å². The Morgan fingerprint density at radius 2 is 1.75 bits per heavy atom. The van der Waals surface area contributed by atoms with Crippen molar-refractivity contribution >= 4 is 10.0 Å². The van der Waals surface area contributed by atoms with E-state index in [0.29, 0.717) is 18.0 Å². The molecule has 3 rings (SSSR count). The van der Waals surface area contributed by atoms with Crippen molar-refractivity contribution in [1.82, 2.24) is 9.21 Å². The summed E-state index contributed by atoms with van der Waals surface area (Å²) in [6.45, 7) is 5.99. The highest BCUT2D eigenvalue weighted by Crippen LogP contribution is 2.26. The largest absolute Gasteiger partial charge is 0.301 e. The second kappa shape index (κ2) is 5.47. The first-order chi connectivity index (χ1) is 9.61. The van der Waals surface area contributed by atoms with E-state index in [9.17, 15) is 8.42 Å². The predicted octanol–water partition coefficient (Wildman–Crippen LogP) is 1.50. The van der Waals surface area contributed by atoms with Crippen molar-refractivity contribution < 1.29 is 8.42 Å². The molecule has 0 radical (unpaired) electrons. The minimum Gasteiger partial charge on any atom is -0.301 e. The first kappa shape index (κ1) is 14.0. The van der Waals surface area contributed by atoms with E-state index in [1.54, 1.807) is 10.4 Å². The Morgan fingerprint density at radius 1 is 1.05 bits per heavy atom. The average molecular weight is 294 g/mol. The highest BCUT2D eigenvalue weighted by atomic mass is 32.2. The lowest BCUT2D eigenvalue weighted by Crippen LogP contribution is -2.48. The van der Waals surface area contributed by atoms with Gasteiger partial charge in [0.25, 0.3) is 0 Å². The molecule has 0 amide bonds. The smallest absolute Gasteiger partial charge is 0.243 e. The maximum Gasteiger partial charge on any atom is 0.243 e. The number of sulfonamides is 1. The molecule has 1 aromatic rings. The number of nitrogens with zero attached hydrogens (tertiary/aromatic N) is 2. The zero-order valence-electron chi connectivity index (χ0n) is 12.0. The molecule has 1 fully saturated rings. The van der Waals surface area contributed by atoms with Crippen LogP contribution in [0.5, 0.6) is 0 Å². The lowest BCUT2D eigenvalue weighted by Gasteiger charge is -2.33. The number of piperazine rings is 1. The van der Waals surface area contributed by atoms with Crippen LogP contribution in [0.3, 0.4) is 0 Å². The molecule has 4 nitrogen and oxygen atoms in total. The minimum absolute atomic E-state index is 0.475. The molecule has 1 aromatic carbocycles. The molecule has 0 atom stereocenters. The van der Waals surface area contributed by atoms with Crippen molar-refractivity contribution in [2.24, 2.45) is 0 Å². The van der Waals surface area contributed by atoms with E-state index in [0.717, 1.165) is 38.9 Å². The topological polar surface area (TPSA) is 40.6 Å². The standard InChI is InChI=1S/C15H22N2O2S/c1-2-16-8-10-17(11-9-16)20(18,19)15-7-6-13-4-3-5-14(13)12-15/h6-7,12H,2-5,8-11H2,1H3. The van der Waals surface area contributed by atoms with Gasteiger partial charge in [0.2, 0.25) is 10.0 Å². The zero-order chi connectivity index (χ0) is 14.2. The molecular formula is C15H22N2O2S. The first-order valence-electron chi connectivity index (χ1n) is 7.45. The Hall–Kier alpha value is -0.910. The molecule has 0 spiro atoms. The van der Waals surface area contributed by atoms with Gasteiger partial charge in [-0.05, 0) is 49.1 Å². The number of fused-ring (bicyclic) bond motifs is 1. The number of aryl methyl sites for hydroxylation is 2. The zero-order valence-corrected chi connectivity index (χ0v) is 12.8. The molecule has 1 saturated heterocycles. The molecule has 1 heterocycles. The van der Waals surface area contributed by atoms with Crippen LogP contribution in [-0.2, 0) is 22.9 Å².